The van der Waals surface area contributed by atoms with Gasteiger partial charge >= 0.3 is 0 Å². The summed E-state index contributed by atoms with van der Waals surface area (Å²) in [5.74, 6) is 0.531. The van der Waals surface area contributed by atoms with Crippen LogP contribution in [-0.4, -0.2) is 0 Å². The van der Waals surface area contributed by atoms with Crippen LogP contribution in [0.1, 0.15) is 45.2 Å². The van der Waals surface area contributed by atoms with E-state index in [9.17, 15) is 0 Å². The van der Waals surface area contributed by atoms with E-state index in [1.165, 1.54) is 99.1 Å². The van der Waals surface area contributed by atoms with Gasteiger partial charge in [-0.25, -0.2) is 0 Å². The molecule has 0 radical (unpaired) electrons. The predicted octanol–water partition coefficient (Wildman–Crippen LogP) is 13.1. The summed E-state index contributed by atoms with van der Waals surface area (Å²) in [7, 11) is 0. The molecule has 0 heteroatoms. The van der Waals surface area contributed by atoms with Gasteiger partial charge in [0.25, 0.3) is 0 Å². The summed E-state index contributed by atoms with van der Waals surface area (Å²) in [6.07, 6.45) is 0. The van der Waals surface area contributed by atoms with E-state index in [0.717, 1.165) is 0 Å². The van der Waals surface area contributed by atoms with Crippen LogP contribution < -0.4 is 0 Å². The molecular formula is C50H32. The number of rotatable bonds is 3. The average molecular weight is 633 g/mol. The molecule has 12 rings (SSSR count). The summed E-state index contributed by atoms with van der Waals surface area (Å²) in [4.78, 5) is 0. The lowest BCUT2D eigenvalue weighted by molar-refractivity contribution is 0.755. The van der Waals surface area contributed by atoms with E-state index in [0.29, 0.717) is 0 Å². The molecular weight excluding hydrogens is 601 g/mol. The fraction of sp³-hybridized carbons (Fsp3) is 0.0400. The van der Waals surface area contributed by atoms with Crippen molar-refractivity contribution < 1.29 is 0 Å². The Morgan fingerprint density at radius 2 is 0.660 bits per heavy atom. The second-order valence-electron chi connectivity index (χ2n) is 13.9. The van der Waals surface area contributed by atoms with E-state index in [1.807, 2.05) is 0 Å². The summed E-state index contributed by atoms with van der Waals surface area (Å²) in [6, 6.07) is 68.0. The molecule has 0 saturated carbocycles. The quantitative estimate of drug-likeness (QED) is 0.170. The van der Waals surface area contributed by atoms with Gasteiger partial charge in [-0.1, -0.05) is 176 Å². The molecule has 0 saturated heterocycles. The van der Waals surface area contributed by atoms with Gasteiger partial charge in [0.1, 0.15) is 0 Å². The van der Waals surface area contributed by atoms with Crippen molar-refractivity contribution in [3.05, 3.63) is 215 Å². The van der Waals surface area contributed by atoms with E-state index in [1.54, 1.807) is 0 Å². The van der Waals surface area contributed by atoms with Gasteiger partial charge in [0.2, 0.25) is 0 Å². The van der Waals surface area contributed by atoms with E-state index in [-0.39, 0.29) is 11.8 Å². The first-order valence-electron chi connectivity index (χ1n) is 17.7. The SMILES string of the molecule is c1ccc2c(c1)C1c3ccccc3C2c2cc(-c3c4ccccc4c(-c4ccc(-c5cccc6ccccc56)cc4)c4ccccc34)ccc21. The summed E-state index contributed by atoms with van der Waals surface area (Å²) >= 11 is 0. The topological polar surface area (TPSA) is 0 Å². The van der Waals surface area contributed by atoms with Crippen LogP contribution >= 0.6 is 0 Å². The molecule has 3 aliphatic carbocycles. The highest BCUT2D eigenvalue weighted by Gasteiger charge is 2.41. The highest BCUT2D eigenvalue weighted by Crippen LogP contribution is 2.56. The predicted molar refractivity (Wildman–Crippen MR) is 210 cm³/mol. The lowest BCUT2D eigenvalue weighted by Gasteiger charge is -2.42. The van der Waals surface area contributed by atoms with Gasteiger partial charge in [-0.3, -0.25) is 0 Å². The Morgan fingerprint density at radius 1 is 0.260 bits per heavy atom. The first-order chi connectivity index (χ1) is 24.8. The molecule has 0 aromatic heterocycles. The molecule has 0 nitrogen and oxygen atoms in total. The van der Waals surface area contributed by atoms with E-state index < -0.39 is 0 Å². The Balaban J connectivity index is 1.11. The van der Waals surface area contributed by atoms with Crippen LogP contribution in [0, 0.1) is 0 Å². The van der Waals surface area contributed by atoms with Crippen molar-refractivity contribution in [1.29, 1.82) is 0 Å². The average Bonchev–Trinajstić information content (AvgIpc) is 3.19. The van der Waals surface area contributed by atoms with Crippen molar-refractivity contribution in [2.45, 2.75) is 11.8 Å². The Kier molecular flexibility index (Phi) is 5.89. The highest BCUT2D eigenvalue weighted by atomic mass is 14.4. The second-order valence-corrected chi connectivity index (χ2v) is 13.9. The van der Waals surface area contributed by atoms with Crippen LogP contribution in [0.2, 0.25) is 0 Å². The van der Waals surface area contributed by atoms with Gasteiger partial charge < -0.3 is 0 Å². The van der Waals surface area contributed by atoms with Crippen molar-refractivity contribution in [2.24, 2.45) is 0 Å². The maximum Gasteiger partial charge on any atom is 0.0349 e. The van der Waals surface area contributed by atoms with Crippen LogP contribution in [0.3, 0.4) is 0 Å². The van der Waals surface area contributed by atoms with Gasteiger partial charge in [-0.15, -0.1) is 0 Å². The third-order valence-electron chi connectivity index (χ3n) is 11.4. The monoisotopic (exact) mass is 632 g/mol. The fourth-order valence-corrected chi connectivity index (χ4v) is 9.37. The lowest BCUT2D eigenvalue weighted by atomic mass is 9.61. The Labute approximate surface area is 291 Å². The molecule has 0 atom stereocenters. The van der Waals surface area contributed by atoms with Gasteiger partial charge in [-0.2, -0.15) is 0 Å². The molecule has 0 aliphatic heterocycles. The van der Waals surface area contributed by atoms with E-state index in [2.05, 4.69) is 182 Å². The molecule has 0 amide bonds. The van der Waals surface area contributed by atoms with Crippen molar-refractivity contribution in [3.8, 4) is 33.4 Å². The molecule has 232 valence electrons. The summed E-state index contributed by atoms with van der Waals surface area (Å²) in [6.45, 7) is 0. The zero-order chi connectivity index (χ0) is 32.8. The number of hydrogen-bond acceptors (Lipinski definition) is 0. The summed E-state index contributed by atoms with van der Waals surface area (Å²) in [5, 5.41) is 7.71. The smallest absolute Gasteiger partial charge is 0.0349 e. The Hall–Kier alpha value is -6.24. The molecule has 0 fully saturated rings. The van der Waals surface area contributed by atoms with Crippen molar-refractivity contribution in [2.75, 3.05) is 0 Å². The van der Waals surface area contributed by atoms with E-state index in [4.69, 9.17) is 0 Å². The molecule has 2 bridgehead atoms. The second kappa shape index (κ2) is 10.6. The third-order valence-corrected chi connectivity index (χ3v) is 11.4. The molecule has 3 aliphatic rings. The van der Waals surface area contributed by atoms with Crippen molar-refractivity contribution in [1.82, 2.24) is 0 Å². The van der Waals surface area contributed by atoms with Crippen LogP contribution in [0.15, 0.2) is 182 Å². The minimum atomic E-state index is 0.249. The van der Waals surface area contributed by atoms with Gasteiger partial charge in [0.15, 0.2) is 0 Å². The minimum absolute atomic E-state index is 0.249. The molecule has 9 aromatic rings. The Morgan fingerprint density at radius 3 is 1.24 bits per heavy atom. The zero-order valence-corrected chi connectivity index (χ0v) is 27.5. The molecule has 0 spiro atoms. The van der Waals surface area contributed by atoms with Crippen LogP contribution in [0.5, 0.6) is 0 Å². The molecule has 50 heavy (non-hydrogen) atoms. The largest absolute Gasteiger partial charge is 0.0619 e. The normalized spacial score (nSPS) is 15.6. The molecule has 0 heterocycles. The first kappa shape index (κ1) is 27.7. The minimum Gasteiger partial charge on any atom is -0.0619 e. The zero-order valence-electron chi connectivity index (χ0n) is 27.5. The van der Waals surface area contributed by atoms with Gasteiger partial charge in [0, 0.05) is 11.8 Å². The maximum absolute atomic E-state index is 2.52. The highest BCUT2D eigenvalue weighted by molar-refractivity contribution is 6.21. The van der Waals surface area contributed by atoms with Crippen molar-refractivity contribution >= 4 is 32.3 Å². The van der Waals surface area contributed by atoms with Crippen LogP contribution in [-0.2, 0) is 0 Å². The first-order valence-corrected chi connectivity index (χ1v) is 17.7. The molecule has 9 aromatic carbocycles. The van der Waals surface area contributed by atoms with Crippen LogP contribution in [0.4, 0.5) is 0 Å². The summed E-state index contributed by atoms with van der Waals surface area (Å²) in [5.41, 5.74) is 16.4. The molecule has 0 N–H and O–H groups in total. The molecule has 0 unspecified atom stereocenters. The third kappa shape index (κ3) is 3.88. The Bertz CT molecular complexity index is 2710. The van der Waals surface area contributed by atoms with Gasteiger partial charge in [0.05, 0.1) is 0 Å². The number of fused-ring (bicyclic) bond motifs is 3. The van der Waals surface area contributed by atoms with Crippen LogP contribution in [0.25, 0.3) is 65.7 Å². The lowest BCUT2D eigenvalue weighted by Crippen LogP contribution is -2.27. The maximum atomic E-state index is 2.52. The number of hydrogen-bond donors (Lipinski definition) is 0. The van der Waals surface area contributed by atoms with Crippen molar-refractivity contribution in [3.63, 3.8) is 0 Å². The fourth-order valence-electron chi connectivity index (χ4n) is 9.37. The van der Waals surface area contributed by atoms with E-state index >= 15 is 0 Å². The van der Waals surface area contributed by atoms with Gasteiger partial charge in [-0.05, 0) is 105 Å². The number of benzene rings is 9. The summed E-state index contributed by atoms with van der Waals surface area (Å²) < 4.78 is 0. The standard InChI is InChI=1S/C50H32/c1-2-14-35-31(12-1)13-11-23-36(35)32-24-26-33(27-25-32)47-37-15-3-5-17-39(37)48(40-18-6-4-16-38(40)47)34-28-29-45-46(30-34)50-43-21-9-7-19-41(43)49(45)42-20-8-10-22-44(42)50/h1-30,49-50H.